The van der Waals surface area contributed by atoms with Gasteiger partial charge in [-0.1, -0.05) is 17.7 Å². The number of nitrogen functional groups attached to an aromatic ring is 1. The summed E-state index contributed by atoms with van der Waals surface area (Å²) in [5.74, 6) is -1.44. The molecule has 0 aliphatic carbocycles. The minimum atomic E-state index is -1.38. The van der Waals surface area contributed by atoms with Gasteiger partial charge in [0.25, 0.3) is 0 Å². The van der Waals surface area contributed by atoms with Crippen LogP contribution in [0, 0.1) is 11.6 Å². The highest BCUT2D eigenvalue weighted by molar-refractivity contribution is 6.29. The van der Waals surface area contributed by atoms with E-state index in [9.17, 15) is 13.9 Å². The van der Waals surface area contributed by atoms with Crippen molar-refractivity contribution in [3.63, 3.8) is 0 Å². The molecule has 2 aromatic rings. The number of hydrogen-bond donors (Lipinski definition) is 3. The Balaban J connectivity index is 2.10. The molecule has 2 rings (SSSR count). The number of nitrogens with one attached hydrogen (secondary N) is 1. The number of aliphatic hydroxyl groups is 1. The van der Waals surface area contributed by atoms with Crippen molar-refractivity contribution >= 4 is 23.4 Å². The van der Waals surface area contributed by atoms with E-state index >= 15 is 0 Å². The second-order valence-electron chi connectivity index (χ2n) is 3.97. The van der Waals surface area contributed by atoms with Gasteiger partial charge < -0.3 is 16.2 Å². The molecule has 1 atom stereocenters. The topological polar surface area (TPSA) is 84.1 Å². The van der Waals surface area contributed by atoms with Crippen LogP contribution in [0.15, 0.2) is 24.3 Å². The van der Waals surface area contributed by atoms with Crippen LogP contribution in [0.3, 0.4) is 0 Å². The Morgan fingerprint density at radius 3 is 2.55 bits per heavy atom. The standard InChI is InChI=1S/C12H11ClF2N4O/c13-9-4-10(19-12(16)18-9)17-5-8(20)11-6(14)2-1-3-7(11)15/h1-4,8,20H,5H2,(H3,16,17,18,19). The fourth-order valence-electron chi connectivity index (χ4n) is 1.66. The van der Waals surface area contributed by atoms with Crippen LogP contribution >= 0.6 is 11.6 Å². The third kappa shape index (κ3) is 3.31. The molecule has 1 aromatic heterocycles. The fraction of sp³-hybridized carbons (Fsp3) is 0.167. The zero-order chi connectivity index (χ0) is 14.7. The second kappa shape index (κ2) is 5.98. The van der Waals surface area contributed by atoms with Gasteiger partial charge in [0, 0.05) is 12.6 Å². The molecule has 0 saturated heterocycles. The SMILES string of the molecule is Nc1nc(Cl)cc(NCC(O)c2c(F)cccc2F)n1. The maximum absolute atomic E-state index is 13.5. The van der Waals surface area contributed by atoms with E-state index in [1.165, 1.54) is 12.1 Å². The lowest BCUT2D eigenvalue weighted by Crippen LogP contribution is -2.16. The van der Waals surface area contributed by atoms with E-state index in [4.69, 9.17) is 17.3 Å². The lowest BCUT2D eigenvalue weighted by Gasteiger charge is -2.14. The van der Waals surface area contributed by atoms with Crippen LogP contribution in [0.5, 0.6) is 0 Å². The summed E-state index contributed by atoms with van der Waals surface area (Å²) in [6, 6.07) is 4.74. The Bertz CT molecular complexity index is 586. The van der Waals surface area contributed by atoms with Crippen molar-refractivity contribution in [3.05, 3.63) is 46.6 Å². The van der Waals surface area contributed by atoms with Crippen molar-refractivity contribution in [2.75, 3.05) is 17.6 Å². The quantitative estimate of drug-likeness (QED) is 0.753. The van der Waals surface area contributed by atoms with Crippen molar-refractivity contribution in [3.8, 4) is 0 Å². The largest absolute Gasteiger partial charge is 0.386 e. The number of rotatable bonds is 4. The maximum atomic E-state index is 13.5. The Kier molecular flexibility index (Phi) is 4.31. The van der Waals surface area contributed by atoms with E-state index in [1.54, 1.807) is 0 Å². The van der Waals surface area contributed by atoms with Crippen LogP contribution in [0.25, 0.3) is 0 Å². The lowest BCUT2D eigenvalue weighted by molar-refractivity contribution is 0.181. The first kappa shape index (κ1) is 14.4. The number of hydrogen-bond acceptors (Lipinski definition) is 5. The number of nitrogens with two attached hydrogens (primary N) is 1. The molecule has 4 N–H and O–H groups in total. The summed E-state index contributed by atoms with van der Waals surface area (Å²) < 4.78 is 26.9. The smallest absolute Gasteiger partial charge is 0.223 e. The first-order valence-electron chi connectivity index (χ1n) is 5.63. The third-order valence-corrected chi connectivity index (χ3v) is 2.72. The first-order chi connectivity index (χ1) is 9.47. The van der Waals surface area contributed by atoms with Crippen LogP contribution in [0.1, 0.15) is 11.7 Å². The van der Waals surface area contributed by atoms with Crippen molar-refractivity contribution in [1.29, 1.82) is 0 Å². The molecule has 0 aliphatic rings. The molecule has 20 heavy (non-hydrogen) atoms. The number of aliphatic hydroxyl groups excluding tert-OH is 1. The minimum absolute atomic E-state index is 0.0495. The number of aromatic nitrogens is 2. The molecule has 8 heteroatoms. The molecule has 0 spiro atoms. The van der Waals surface area contributed by atoms with Crippen LogP contribution in [0.2, 0.25) is 5.15 Å². The molecule has 0 bridgehead atoms. The fourth-order valence-corrected chi connectivity index (χ4v) is 1.85. The van der Waals surface area contributed by atoms with Crippen molar-refractivity contribution < 1.29 is 13.9 Å². The van der Waals surface area contributed by atoms with Crippen molar-refractivity contribution in [2.24, 2.45) is 0 Å². The average Bonchev–Trinajstić information content (AvgIpc) is 2.35. The Morgan fingerprint density at radius 2 is 1.95 bits per heavy atom. The number of halogens is 3. The zero-order valence-corrected chi connectivity index (χ0v) is 10.9. The Morgan fingerprint density at radius 1 is 1.30 bits per heavy atom. The molecule has 1 aromatic carbocycles. The number of anilines is 2. The van der Waals surface area contributed by atoms with Crippen LogP contribution < -0.4 is 11.1 Å². The summed E-state index contributed by atoms with van der Waals surface area (Å²) in [5.41, 5.74) is 4.99. The van der Waals surface area contributed by atoms with Crippen molar-refractivity contribution in [2.45, 2.75) is 6.10 Å². The summed E-state index contributed by atoms with van der Waals surface area (Å²) in [6.45, 7) is -0.162. The van der Waals surface area contributed by atoms with Crippen LogP contribution in [0.4, 0.5) is 20.5 Å². The van der Waals surface area contributed by atoms with Gasteiger partial charge in [-0.2, -0.15) is 4.98 Å². The van der Waals surface area contributed by atoms with E-state index in [1.807, 2.05) is 0 Å². The average molecular weight is 301 g/mol. The molecule has 0 saturated carbocycles. The zero-order valence-electron chi connectivity index (χ0n) is 10.1. The monoisotopic (exact) mass is 300 g/mol. The van der Waals surface area contributed by atoms with Gasteiger partial charge >= 0.3 is 0 Å². The molecule has 0 radical (unpaired) electrons. The molecule has 0 fully saturated rings. The summed E-state index contributed by atoms with van der Waals surface area (Å²) >= 11 is 5.68. The summed E-state index contributed by atoms with van der Waals surface area (Å²) in [7, 11) is 0. The van der Waals surface area contributed by atoms with Crippen LogP contribution in [-0.4, -0.2) is 21.6 Å². The highest BCUT2D eigenvalue weighted by atomic mass is 35.5. The second-order valence-corrected chi connectivity index (χ2v) is 4.35. The molecule has 0 amide bonds. The highest BCUT2D eigenvalue weighted by Gasteiger charge is 2.17. The van der Waals surface area contributed by atoms with Crippen LogP contribution in [-0.2, 0) is 0 Å². The van der Waals surface area contributed by atoms with Gasteiger partial charge in [0.05, 0.1) is 5.56 Å². The Labute approximate surface area is 118 Å². The molecular formula is C12H11ClF2N4O. The normalized spacial score (nSPS) is 12.2. The molecule has 1 unspecified atom stereocenters. The summed E-state index contributed by atoms with van der Waals surface area (Å²) in [4.78, 5) is 7.47. The number of nitrogens with zero attached hydrogens (tertiary/aromatic N) is 2. The summed E-state index contributed by atoms with van der Waals surface area (Å²) in [5, 5.41) is 12.6. The van der Waals surface area contributed by atoms with Gasteiger partial charge in [0.15, 0.2) is 0 Å². The van der Waals surface area contributed by atoms with Gasteiger partial charge in [0.1, 0.15) is 28.7 Å². The van der Waals surface area contributed by atoms with Gasteiger partial charge in [-0.15, -0.1) is 0 Å². The van der Waals surface area contributed by atoms with E-state index in [0.717, 1.165) is 12.1 Å². The lowest BCUT2D eigenvalue weighted by atomic mass is 10.1. The maximum Gasteiger partial charge on any atom is 0.223 e. The predicted octanol–water partition coefficient (Wildman–Crippen LogP) is 2.14. The summed E-state index contributed by atoms with van der Waals surface area (Å²) in [6.07, 6.45) is -1.38. The van der Waals surface area contributed by atoms with E-state index < -0.39 is 23.3 Å². The van der Waals surface area contributed by atoms with Gasteiger partial charge in [0.2, 0.25) is 5.95 Å². The molecule has 106 valence electrons. The molecular weight excluding hydrogens is 290 g/mol. The molecule has 5 nitrogen and oxygen atoms in total. The van der Waals surface area contributed by atoms with Gasteiger partial charge in [-0.05, 0) is 12.1 Å². The third-order valence-electron chi connectivity index (χ3n) is 2.52. The predicted molar refractivity (Wildman–Crippen MR) is 71.3 cm³/mol. The van der Waals surface area contributed by atoms with Gasteiger partial charge in [-0.25, -0.2) is 13.8 Å². The minimum Gasteiger partial charge on any atom is -0.386 e. The van der Waals surface area contributed by atoms with E-state index in [0.29, 0.717) is 0 Å². The number of benzene rings is 1. The van der Waals surface area contributed by atoms with E-state index in [-0.39, 0.29) is 23.5 Å². The molecule has 1 heterocycles. The first-order valence-corrected chi connectivity index (χ1v) is 6.01. The van der Waals surface area contributed by atoms with Crippen molar-refractivity contribution in [1.82, 2.24) is 9.97 Å². The molecule has 0 aliphatic heterocycles. The van der Waals surface area contributed by atoms with Gasteiger partial charge in [-0.3, -0.25) is 0 Å². The highest BCUT2D eigenvalue weighted by Crippen LogP contribution is 2.21. The van der Waals surface area contributed by atoms with E-state index in [2.05, 4.69) is 15.3 Å². The Hall–Kier alpha value is -1.99.